The van der Waals surface area contributed by atoms with E-state index in [1.807, 2.05) is 13.0 Å². The van der Waals surface area contributed by atoms with Gasteiger partial charge in [-0.15, -0.1) is 10.2 Å². The van der Waals surface area contributed by atoms with Crippen LogP contribution < -0.4 is 10.6 Å². The maximum Gasteiger partial charge on any atom is 0.282 e. The Morgan fingerprint density at radius 1 is 1.40 bits per heavy atom. The molecular weight excluding hydrogens is 272 g/mol. The number of aromatic nitrogens is 2. The van der Waals surface area contributed by atoms with E-state index in [0.717, 1.165) is 13.0 Å². The van der Waals surface area contributed by atoms with Crippen molar-refractivity contribution in [2.45, 2.75) is 19.3 Å². The van der Waals surface area contributed by atoms with Crippen molar-refractivity contribution in [2.24, 2.45) is 0 Å². The Hall–Kier alpha value is -1.95. The second-order valence-corrected chi connectivity index (χ2v) is 5.73. The average molecular weight is 288 g/mol. The number of hydrogen-bond acceptors (Lipinski definition) is 5. The van der Waals surface area contributed by atoms with Crippen molar-refractivity contribution in [3.63, 3.8) is 0 Å². The summed E-state index contributed by atoms with van der Waals surface area (Å²) in [6.45, 7) is 3.41. The fourth-order valence-corrected chi connectivity index (χ4v) is 3.10. The van der Waals surface area contributed by atoms with Crippen molar-refractivity contribution in [1.29, 1.82) is 0 Å². The summed E-state index contributed by atoms with van der Waals surface area (Å²) in [5, 5.41) is 14.9. The van der Waals surface area contributed by atoms with Gasteiger partial charge in [0.1, 0.15) is 0 Å². The molecule has 104 valence electrons. The van der Waals surface area contributed by atoms with E-state index < -0.39 is 0 Å². The molecule has 3 rings (SSSR count). The van der Waals surface area contributed by atoms with Crippen LogP contribution in [0.4, 0.5) is 5.13 Å². The van der Waals surface area contributed by atoms with Gasteiger partial charge in [0.25, 0.3) is 5.91 Å². The largest absolute Gasteiger partial charge is 0.360 e. The van der Waals surface area contributed by atoms with Crippen LogP contribution in [-0.4, -0.2) is 29.2 Å². The first-order valence-corrected chi connectivity index (χ1v) is 7.53. The van der Waals surface area contributed by atoms with Crippen LogP contribution in [0.25, 0.3) is 0 Å². The molecule has 1 aromatic heterocycles. The molecule has 1 aliphatic carbocycles. The van der Waals surface area contributed by atoms with Gasteiger partial charge in [0.15, 0.2) is 0 Å². The summed E-state index contributed by atoms with van der Waals surface area (Å²) in [5.74, 6) is 0.285. The summed E-state index contributed by atoms with van der Waals surface area (Å²) in [5.41, 5.74) is 2.73. The Balaban J connectivity index is 1.55. The first-order valence-electron chi connectivity index (χ1n) is 6.71. The fourth-order valence-electron chi connectivity index (χ4n) is 2.37. The van der Waals surface area contributed by atoms with E-state index in [4.69, 9.17) is 0 Å². The number of nitrogens with zero attached hydrogens (tertiary/aromatic N) is 2. The standard InChI is InChI=1S/C14H16N4OS/c1-2-15-14-18-17-13(20-14)12(19)16-8-10-7-9-5-3-4-6-11(9)10/h3-6,10H,2,7-8H2,1H3,(H,15,18)(H,16,19). The molecule has 1 aliphatic rings. The SMILES string of the molecule is CCNc1nnc(C(=O)NCC2Cc3ccccc32)s1. The molecule has 6 heteroatoms. The third-order valence-corrected chi connectivity index (χ3v) is 4.30. The molecule has 0 radical (unpaired) electrons. The number of nitrogens with one attached hydrogen (secondary N) is 2. The van der Waals surface area contributed by atoms with Crippen molar-refractivity contribution in [1.82, 2.24) is 15.5 Å². The van der Waals surface area contributed by atoms with E-state index in [1.54, 1.807) is 0 Å². The van der Waals surface area contributed by atoms with Crippen molar-refractivity contribution in [3.05, 3.63) is 40.4 Å². The predicted octanol–water partition coefficient (Wildman–Crippen LogP) is 2.04. The lowest BCUT2D eigenvalue weighted by Gasteiger charge is -2.29. The number of anilines is 1. The third kappa shape index (κ3) is 2.51. The Kier molecular flexibility index (Phi) is 3.64. The molecule has 20 heavy (non-hydrogen) atoms. The number of fused-ring (bicyclic) bond motifs is 1. The first-order chi connectivity index (χ1) is 9.78. The molecule has 0 aliphatic heterocycles. The molecule has 1 atom stereocenters. The van der Waals surface area contributed by atoms with Crippen molar-refractivity contribution >= 4 is 22.4 Å². The molecule has 2 N–H and O–H groups in total. The van der Waals surface area contributed by atoms with Gasteiger partial charge in [0, 0.05) is 19.0 Å². The summed E-state index contributed by atoms with van der Waals surface area (Å²) in [6, 6.07) is 8.36. The lowest BCUT2D eigenvalue weighted by atomic mass is 9.77. The molecule has 1 aromatic carbocycles. The summed E-state index contributed by atoms with van der Waals surface area (Å²) < 4.78 is 0. The van der Waals surface area contributed by atoms with Crippen molar-refractivity contribution in [3.8, 4) is 0 Å². The zero-order valence-corrected chi connectivity index (χ0v) is 12.0. The van der Waals surface area contributed by atoms with Gasteiger partial charge in [-0.05, 0) is 24.5 Å². The maximum atomic E-state index is 12.0. The number of carbonyl (C=O) groups excluding carboxylic acids is 1. The Bertz CT molecular complexity index is 625. The number of rotatable bonds is 5. The van der Waals surface area contributed by atoms with Crippen molar-refractivity contribution in [2.75, 3.05) is 18.4 Å². The molecule has 2 aromatic rings. The Morgan fingerprint density at radius 3 is 3.05 bits per heavy atom. The molecule has 0 saturated heterocycles. The van der Waals surface area contributed by atoms with E-state index >= 15 is 0 Å². The summed E-state index contributed by atoms with van der Waals surface area (Å²) in [7, 11) is 0. The lowest BCUT2D eigenvalue weighted by molar-refractivity contribution is 0.0949. The summed E-state index contributed by atoms with van der Waals surface area (Å²) in [4.78, 5) is 12.0. The molecule has 0 bridgehead atoms. The highest BCUT2D eigenvalue weighted by Gasteiger charge is 2.26. The molecule has 1 unspecified atom stereocenters. The minimum absolute atomic E-state index is 0.143. The van der Waals surface area contributed by atoms with Crippen LogP contribution in [0, 0.1) is 0 Å². The van der Waals surface area contributed by atoms with Crippen LogP contribution in [0.5, 0.6) is 0 Å². The zero-order valence-electron chi connectivity index (χ0n) is 11.2. The Morgan fingerprint density at radius 2 is 2.25 bits per heavy atom. The van der Waals surface area contributed by atoms with Gasteiger partial charge in [0.2, 0.25) is 10.1 Å². The predicted molar refractivity (Wildman–Crippen MR) is 79.3 cm³/mol. The van der Waals surface area contributed by atoms with E-state index in [2.05, 4.69) is 39.0 Å². The fraction of sp³-hybridized carbons (Fsp3) is 0.357. The van der Waals surface area contributed by atoms with Crippen LogP contribution in [0.15, 0.2) is 24.3 Å². The van der Waals surface area contributed by atoms with E-state index in [9.17, 15) is 4.79 Å². The second-order valence-electron chi connectivity index (χ2n) is 4.75. The van der Waals surface area contributed by atoms with Gasteiger partial charge in [-0.25, -0.2) is 0 Å². The monoisotopic (exact) mass is 288 g/mol. The highest BCUT2D eigenvalue weighted by Crippen LogP contribution is 2.34. The van der Waals surface area contributed by atoms with Gasteiger partial charge in [-0.2, -0.15) is 0 Å². The maximum absolute atomic E-state index is 12.0. The normalized spacial score (nSPS) is 16.1. The van der Waals surface area contributed by atoms with Gasteiger partial charge in [-0.3, -0.25) is 4.79 Å². The Labute approximate surface area is 121 Å². The van der Waals surface area contributed by atoms with Gasteiger partial charge >= 0.3 is 0 Å². The molecule has 1 heterocycles. The lowest BCUT2D eigenvalue weighted by Crippen LogP contribution is -2.33. The van der Waals surface area contributed by atoms with E-state index in [-0.39, 0.29) is 5.91 Å². The number of hydrogen-bond donors (Lipinski definition) is 2. The molecule has 0 spiro atoms. The van der Waals surface area contributed by atoms with E-state index in [0.29, 0.717) is 22.6 Å². The van der Waals surface area contributed by atoms with Crippen LogP contribution >= 0.6 is 11.3 Å². The van der Waals surface area contributed by atoms with Gasteiger partial charge in [0.05, 0.1) is 0 Å². The number of benzene rings is 1. The smallest absolute Gasteiger partial charge is 0.282 e. The van der Waals surface area contributed by atoms with Crippen LogP contribution in [0.1, 0.15) is 33.8 Å². The molecule has 0 fully saturated rings. The van der Waals surface area contributed by atoms with Gasteiger partial charge in [-0.1, -0.05) is 35.6 Å². The highest BCUT2D eigenvalue weighted by atomic mass is 32.1. The second kappa shape index (κ2) is 5.58. The van der Waals surface area contributed by atoms with Crippen LogP contribution in [-0.2, 0) is 6.42 Å². The molecule has 1 amide bonds. The van der Waals surface area contributed by atoms with Gasteiger partial charge < -0.3 is 10.6 Å². The average Bonchev–Trinajstić information content (AvgIpc) is 2.89. The first kappa shape index (κ1) is 13.1. The molecule has 0 saturated carbocycles. The number of amides is 1. The summed E-state index contributed by atoms with van der Waals surface area (Å²) >= 11 is 1.28. The zero-order chi connectivity index (χ0) is 13.9. The highest BCUT2D eigenvalue weighted by molar-refractivity contribution is 7.17. The minimum atomic E-state index is -0.143. The van der Waals surface area contributed by atoms with Crippen LogP contribution in [0.3, 0.4) is 0 Å². The number of carbonyl (C=O) groups is 1. The molecule has 5 nitrogen and oxygen atoms in total. The van der Waals surface area contributed by atoms with Crippen LogP contribution in [0.2, 0.25) is 0 Å². The topological polar surface area (TPSA) is 66.9 Å². The van der Waals surface area contributed by atoms with Crippen molar-refractivity contribution < 1.29 is 4.79 Å². The van der Waals surface area contributed by atoms with E-state index in [1.165, 1.54) is 22.5 Å². The minimum Gasteiger partial charge on any atom is -0.360 e. The molecular formula is C14H16N4OS. The third-order valence-electron chi connectivity index (χ3n) is 3.42. The quantitative estimate of drug-likeness (QED) is 0.883. The summed E-state index contributed by atoms with van der Waals surface area (Å²) in [6.07, 6.45) is 1.04.